The molecule has 1 atom stereocenters. The van der Waals surface area contributed by atoms with Gasteiger partial charge in [-0.1, -0.05) is 54.1 Å². The van der Waals surface area contributed by atoms with E-state index in [4.69, 9.17) is 11.6 Å². The average Bonchev–Trinajstić information content (AvgIpc) is 3.44. The molecule has 1 fully saturated rings. The first-order valence-electron chi connectivity index (χ1n) is 9.49. The van der Waals surface area contributed by atoms with E-state index in [-0.39, 0.29) is 18.2 Å². The van der Waals surface area contributed by atoms with Crippen molar-refractivity contribution in [3.63, 3.8) is 0 Å². The van der Waals surface area contributed by atoms with E-state index in [2.05, 4.69) is 10.3 Å². The Morgan fingerprint density at radius 3 is 2.67 bits per heavy atom. The Kier molecular flexibility index (Phi) is 6.72. The first-order valence-corrected chi connectivity index (χ1v) is 11.9. The topological polar surface area (TPSA) is 62.3 Å². The molecule has 0 bridgehead atoms. The van der Waals surface area contributed by atoms with Gasteiger partial charge in [-0.3, -0.25) is 9.59 Å². The normalized spacial score (nSPS) is 15.9. The number of halogens is 1. The molecule has 1 N–H and O–H groups in total. The molecule has 3 aromatic rings. The Labute approximate surface area is 188 Å². The summed E-state index contributed by atoms with van der Waals surface area (Å²) in [6, 6.07) is 16.7. The highest BCUT2D eigenvalue weighted by atomic mass is 35.5. The van der Waals surface area contributed by atoms with E-state index in [1.54, 1.807) is 40.1 Å². The number of rotatable bonds is 6. The zero-order valence-corrected chi connectivity index (χ0v) is 18.5. The lowest BCUT2D eigenvalue weighted by Gasteiger charge is -2.23. The predicted molar refractivity (Wildman–Crippen MR) is 123 cm³/mol. The van der Waals surface area contributed by atoms with Crippen LogP contribution >= 0.6 is 34.7 Å². The van der Waals surface area contributed by atoms with Gasteiger partial charge in [-0.05, 0) is 17.7 Å². The molecule has 2 aromatic carbocycles. The lowest BCUT2D eigenvalue weighted by atomic mass is 10.1. The van der Waals surface area contributed by atoms with Crippen LogP contribution < -0.4 is 5.32 Å². The fourth-order valence-electron chi connectivity index (χ4n) is 3.18. The van der Waals surface area contributed by atoms with E-state index in [9.17, 15) is 9.59 Å². The van der Waals surface area contributed by atoms with Crippen LogP contribution in [0.2, 0.25) is 5.02 Å². The molecular weight excluding hydrogens is 438 g/mol. The van der Waals surface area contributed by atoms with Crippen LogP contribution in [-0.4, -0.2) is 39.4 Å². The smallest absolute Gasteiger partial charge is 0.244 e. The highest BCUT2D eigenvalue weighted by Crippen LogP contribution is 2.24. The SMILES string of the molecule is O=C(NCc1csc(-c2ccccc2)n1)C1CSCN1C(=O)Cc1ccc(Cl)cc1. The average molecular weight is 458 g/mol. The summed E-state index contributed by atoms with van der Waals surface area (Å²) in [6.07, 6.45) is 0.258. The number of thioether (sulfide) groups is 1. The zero-order chi connectivity index (χ0) is 20.9. The molecular formula is C22H20ClN3O2S2. The molecule has 2 amide bonds. The molecule has 8 heteroatoms. The summed E-state index contributed by atoms with van der Waals surface area (Å²) in [5, 5.41) is 6.46. The standard InChI is InChI=1S/C22H20ClN3O2S2/c23-17-8-6-15(7-9-17)10-20(27)26-14-29-13-19(26)21(28)24-11-18-12-30-22(25-18)16-4-2-1-3-5-16/h1-9,12,19H,10-11,13-14H2,(H,24,28). The number of nitrogens with zero attached hydrogens (tertiary/aromatic N) is 2. The summed E-state index contributed by atoms with van der Waals surface area (Å²) >= 11 is 9.05. The molecule has 154 valence electrons. The summed E-state index contributed by atoms with van der Waals surface area (Å²) in [4.78, 5) is 31.7. The maximum atomic E-state index is 12.7. The van der Waals surface area contributed by atoms with Crippen LogP contribution in [-0.2, 0) is 22.6 Å². The fourth-order valence-corrected chi connectivity index (χ4v) is 5.31. The molecule has 0 saturated carbocycles. The molecule has 0 aliphatic carbocycles. The molecule has 1 aliphatic heterocycles. The summed E-state index contributed by atoms with van der Waals surface area (Å²) < 4.78 is 0. The minimum absolute atomic E-state index is 0.0532. The maximum absolute atomic E-state index is 12.7. The summed E-state index contributed by atoms with van der Waals surface area (Å²) in [6.45, 7) is 0.350. The molecule has 0 spiro atoms. The predicted octanol–water partition coefficient (Wildman–Crippen LogP) is 4.22. The minimum atomic E-state index is -0.456. The number of amides is 2. The fraction of sp³-hybridized carbons (Fsp3) is 0.227. The van der Waals surface area contributed by atoms with E-state index in [0.29, 0.717) is 23.2 Å². The molecule has 2 heterocycles. The van der Waals surface area contributed by atoms with Crippen LogP contribution in [0.3, 0.4) is 0 Å². The van der Waals surface area contributed by atoms with Gasteiger partial charge < -0.3 is 10.2 Å². The number of nitrogens with one attached hydrogen (secondary N) is 1. The third-order valence-corrected chi connectivity index (χ3v) is 6.99. The van der Waals surface area contributed by atoms with Crippen molar-refractivity contribution in [2.75, 3.05) is 11.6 Å². The second-order valence-electron chi connectivity index (χ2n) is 6.91. The highest BCUT2D eigenvalue weighted by molar-refractivity contribution is 7.99. The van der Waals surface area contributed by atoms with Crippen molar-refractivity contribution in [3.8, 4) is 10.6 Å². The van der Waals surface area contributed by atoms with Gasteiger partial charge >= 0.3 is 0 Å². The van der Waals surface area contributed by atoms with E-state index < -0.39 is 6.04 Å². The zero-order valence-electron chi connectivity index (χ0n) is 16.1. The first kappa shape index (κ1) is 20.9. The molecule has 30 heavy (non-hydrogen) atoms. The molecule has 1 unspecified atom stereocenters. The van der Waals surface area contributed by atoms with Gasteiger partial charge in [0.05, 0.1) is 24.5 Å². The number of benzene rings is 2. The van der Waals surface area contributed by atoms with Gasteiger partial charge in [0.2, 0.25) is 11.8 Å². The number of aromatic nitrogens is 1. The highest BCUT2D eigenvalue weighted by Gasteiger charge is 2.34. The van der Waals surface area contributed by atoms with Gasteiger partial charge in [-0.15, -0.1) is 23.1 Å². The molecule has 1 aromatic heterocycles. The van der Waals surface area contributed by atoms with Crippen molar-refractivity contribution >= 4 is 46.5 Å². The third kappa shape index (κ3) is 5.03. The van der Waals surface area contributed by atoms with Gasteiger partial charge in [0.15, 0.2) is 0 Å². The lowest BCUT2D eigenvalue weighted by molar-refractivity contribution is -0.137. The van der Waals surface area contributed by atoms with Crippen LogP contribution in [0.25, 0.3) is 10.6 Å². The van der Waals surface area contributed by atoms with Gasteiger partial charge in [-0.2, -0.15) is 0 Å². The summed E-state index contributed by atoms with van der Waals surface area (Å²) in [5.74, 6) is 0.936. The van der Waals surface area contributed by atoms with Crippen LogP contribution in [0, 0.1) is 0 Å². The van der Waals surface area contributed by atoms with E-state index >= 15 is 0 Å². The van der Waals surface area contributed by atoms with Crippen molar-refractivity contribution in [1.29, 1.82) is 0 Å². The third-order valence-electron chi connectivity index (χ3n) is 4.79. The Bertz CT molecular complexity index is 1020. The number of carbonyl (C=O) groups is 2. The monoisotopic (exact) mass is 457 g/mol. The van der Waals surface area contributed by atoms with Crippen LogP contribution in [0.1, 0.15) is 11.3 Å². The molecule has 1 saturated heterocycles. The van der Waals surface area contributed by atoms with Crippen LogP contribution in [0.15, 0.2) is 60.0 Å². The molecule has 4 rings (SSSR count). The van der Waals surface area contributed by atoms with Crippen molar-refractivity contribution in [1.82, 2.24) is 15.2 Å². The van der Waals surface area contributed by atoms with Gasteiger partial charge in [0.1, 0.15) is 11.0 Å². The lowest BCUT2D eigenvalue weighted by Crippen LogP contribution is -2.47. The second-order valence-corrected chi connectivity index (χ2v) is 9.20. The van der Waals surface area contributed by atoms with Crippen LogP contribution in [0.5, 0.6) is 0 Å². The number of hydrogen-bond acceptors (Lipinski definition) is 5. The molecule has 0 radical (unpaired) electrons. The van der Waals surface area contributed by atoms with E-state index in [1.807, 2.05) is 47.8 Å². The van der Waals surface area contributed by atoms with Gasteiger partial charge in [0.25, 0.3) is 0 Å². The van der Waals surface area contributed by atoms with Crippen LogP contribution in [0.4, 0.5) is 0 Å². The number of hydrogen-bond donors (Lipinski definition) is 1. The molecule has 5 nitrogen and oxygen atoms in total. The number of thiazole rings is 1. The number of carbonyl (C=O) groups excluding carboxylic acids is 2. The largest absolute Gasteiger partial charge is 0.349 e. The Morgan fingerprint density at radius 2 is 1.90 bits per heavy atom. The first-order chi connectivity index (χ1) is 14.6. The van der Waals surface area contributed by atoms with Crippen molar-refractivity contribution in [3.05, 3.63) is 76.3 Å². The van der Waals surface area contributed by atoms with Gasteiger partial charge in [0, 0.05) is 21.7 Å². The maximum Gasteiger partial charge on any atom is 0.244 e. The summed E-state index contributed by atoms with van der Waals surface area (Å²) in [7, 11) is 0. The Hall–Kier alpha value is -2.35. The Morgan fingerprint density at radius 1 is 1.13 bits per heavy atom. The van der Waals surface area contributed by atoms with Crippen molar-refractivity contribution in [2.45, 2.75) is 19.0 Å². The van der Waals surface area contributed by atoms with E-state index in [0.717, 1.165) is 21.8 Å². The Balaban J connectivity index is 1.34. The quantitative estimate of drug-likeness (QED) is 0.601. The van der Waals surface area contributed by atoms with Crippen molar-refractivity contribution < 1.29 is 9.59 Å². The summed E-state index contributed by atoms with van der Waals surface area (Å²) in [5.41, 5.74) is 2.76. The van der Waals surface area contributed by atoms with Gasteiger partial charge in [-0.25, -0.2) is 4.98 Å². The molecule has 1 aliphatic rings. The van der Waals surface area contributed by atoms with E-state index in [1.165, 1.54) is 0 Å². The van der Waals surface area contributed by atoms with Crippen molar-refractivity contribution in [2.24, 2.45) is 0 Å². The second kappa shape index (κ2) is 9.64. The minimum Gasteiger partial charge on any atom is -0.349 e.